The average molecular weight is 450 g/mol. The molecule has 33 heavy (non-hydrogen) atoms. The van der Waals surface area contributed by atoms with Crippen LogP contribution in [0.2, 0.25) is 0 Å². The number of anilines is 2. The number of azide groups is 1. The highest BCUT2D eigenvalue weighted by Crippen LogP contribution is 2.29. The van der Waals surface area contributed by atoms with Gasteiger partial charge >= 0.3 is 12.2 Å². The van der Waals surface area contributed by atoms with Crippen molar-refractivity contribution in [2.75, 3.05) is 23.3 Å². The number of nitrogens with zero attached hydrogens (tertiary/aromatic N) is 4. The average Bonchev–Trinajstić information content (AvgIpc) is 3.12. The number of ether oxygens (including phenoxy) is 2. The van der Waals surface area contributed by atoms with E-state index in [1.807, 2.05) is 36.4 Å². The summed E-state index contributed by atoms with van der Waals surface area (Å²) in [5, 5.41) is 8.89. The number of aryl methyl sites for hydroxylation is 1. The Labute approximate surface area is 189 Å². The van der Waals surface area contributed by atoms with Gasteiger partial charge < -0.3 is 20.1 Å². The molecule has 4 rings (SSSR count). The number of amides is 3. The Hall–Kier alpha value is -4.24. The maximum atomic E-state index is 12.6. The Morgan fingerprint density at radius 1 is 1.27 bits per heavy atom. The number of hydrogen-bond donors (Lipinski definition) is 2. The molecule has 2 N–H and O–H groups in total. The second-order valence-electron chi connectivity index (χ2n) is 7.66. The van der Waals surface area contributed by atoms with E-state index in [0.29, 0.717) is 24.2 Å². The summed E-state index contributed by atoms with van der Waals surface area (Å²) in [6, 6.07) is 13.7. The molecule has 0 aromatic heterocycles. The third-order valence-electron chi connectivity index (χ3n) is 5.40. The smallest absolute Gasteiger partial charge is 0.414 e. The van der Waals surface area contributed by atoms with Crippen LogP contribution in [-0.2, 0) is 27.3 Å². The first-order chi connectivity index (χ1) is 16.0. The largest absolute Gasteiger partial charge is 0.445 e. The zero-order valence-electron chi connectivity index (χ0n) is 17.6. The summed E-state index contributed by atoms with van der Waals surface area (Å²) in [5.74, 6) is -0.340. The number of rotatable bonds is 6. The minimum Gasteiger partial charge on any atom is -0.445 e. The van der Waals surface area contributed by atoms with Crippen LogP contribution in [0.1, 0.15) is 17.5 Å². The molecule has 2 atom stereocenters. The molecule has 0 saturated carbocycles. The summed E-state index contributed by atoms with van der Waals surface area (Å²) < 4.78 is 10.4. The molecule has 2 unspecified atom stereocenters. The monoisotopic (exact) mass is 450 g/mol. The molecule has 1 saturated heterocycles. The van der Waals surface area contributed by atoms with Gasteiger partial charge in [0.1, 0.15) is 18.8 Å². The number of alkyl carbamates (subject to hydrolysis) is 1. The molecule has 0 radical (unpaired) electrons. The van der Waals surface area contributed by atoms with Gasteiger partial charge in [0.05, 0.1) is 13.1 Å². The standard InChI is InChI=1S/C22H22N6O5/c23-27-24-11-17-12-28(22(31)33-17)16-7-9-18-15(10-16)6-8-19(20(29)25-18)26-21(30)32-13-14-4-2-1-3-5-14/h1-5,7,9-10,17,19H,6,8,11-13H2,(H,25,29)(H,26,30). The predicted molar refractivity (Wildman–Crippen MR) is 119 cm³/mol. The first-order valence-electron chi connectivity index (χ1n) is 10.4. The zero-order valence-corrected chi connectivity index (χ0v) is 17.6. The number of benzene rings is 2. The first-order valence-corrected chi connectivity index (χ1v) is 10.4. The highest BCUT2D eigenvalue weighted by molar-refractivity contribution is 5.98. The van der Waals surface area contributed by atoms with Crippen molar-refractivity contribution in [1.82, 2.24) is 5.32 Å². The molecule has 2 aromatic carbocycles. The number of hydrogen-bond acceptors (Lipinski definition) is 6. The fourth-order valence-corrected chi connectivity index (χ4v) is 3.73. The maximum Gasteiger partial charge on any atom is 0.414 e. The van der Waals surface area contributed by atoms with Crippen LogP contribution in [0.5, 0.6) is 0 Å². The molecular weight excluding hydrogens is 428 g/mol. The van der Waals surface area contributed by atoms with E-state index in [0.717, 1.165) is 11.1 Å². The van der Waals surface area contributed by atoms with Crippen molar-refractivity contribution in [2.24, 2.45) is 5.11 Å². The van der Waals surface area contributed by atoms with Crippen LogP contribution in [0.3, 0.4) is 0 Å². The minimum atomic E-state index is -0.755. The lowest BCUT2D eigenvalue weighted by atomic mass is 10.0. The molecule has 2 heterocycles. The van der Waals surface area contributed by atoms with Gasteiger partial charge in [0.2, 0.25) is 5.91 Å². The molecule has 0 aliphatic carbocycles. The third-order valence-corrected chi connectivity index (χ3v) is 5.40. The van der Waals surface area contributed by atoms with Gasteiger partial charge in [0.25, 0.3) is 0 Å². The van der Waals surface area contributed by atoms with Crippen LogP contribution < -0.4 is 15.5 Å². The molecule has 11 heteroatoms. The fourth-order valence-electron chi connectivity index (χ4n) is 3.73. The van der Waals surface area contributed by atoms with Crippen LogP contribution in [0.25, 0.3) is 10.4 Å². The van der Waals surface area contributed by atoms with Gasteiger partial charge in [-0.15, -0.1) is 0 Å². The second-order valence-corrected chi connectivity index (χ2v) is 7.66. The van der Waals surface area contributed by atoms with E-state index in [2.05, 4.69) is 20.7 Å². The van der Waals surface area contributed by atoms with Crippen molar-refractivity contribution in [1.29, 1.82) is 0 Å². The van der Waals surface area contributed by atoms with Crippen LogP contribution in [-0.4, -0.2) is 43.3 Å². The number of fused-ring (bicyclic) bond motifs is 1. The summed E-state index contributed by atoms with van der Waals surface area (Å²) in [6.45, 7) is 0.436. The molecule has 11 nitrogen and oxygen atoms in total. The van der Waals surface area contributed by atoms with Crippen LogP contribution in [0, 0.1) is 0 Å². The summed E-state index contributed by atoms with van der Waals surface area (Å²) >= 11 is 0. The van der Waals surface area contributed by atoms with Crippen molar-refractivity contribution in [2.45, 2.75) is 31.6 Å². The molecule has 3 amide bonds. The number of nitrogens with one attached hydrogen (secondary N) is 2. The van der Waals surface area contributed by atoms with Crippen LogP contribution in [0.15, 0.2) is 53.6 Å². The quantitative estimate of drug-likeness (QED) is 0.393. The van der Waals surface area contributed by atoms with E-state index in [4.69, 9.17) is 15.0 Å². The Morgan fingerprint density at radius 2 is 2.09 bits per heavy atom. The topological polar surface area (TPSA) is 146 Å². The highest BCUT2D eigenvalue weighted by Gasteiger charge is 2.33. The van der Waals surface area contributed by atoms with Crippen LogP contribution >= 0.6 is 0 Å². The molecule has 1 fully saturated rings. The van der Waals surface area contributed by atoms with Gasteiger partial charge in [-0.1, -0.05) is 35.4 Å². The van der Waals surface area contributed by atoms with E-state index in [1.165, 1.54) is 4.90 Å². The van der Waals surface area contributed by atoms with Gasteiger partial charge in [-0.25, -0.2) is 9.59 Å². The minimum absolute atomic E-state index is 0.0630. The summed E-state index contributed by atoms with van der Waals surface area (Å²) in [4.78, 5) is 41.2. The Kier molecular flexibility index (Phi) is 6.61. The maximum absolute atomic E-state index is 12.6. The zero-order chi connectivity index (χ0) is 23.2. The van der Waals surface area contributed by atoms with Gasteiger partial charge in [0.15, 0.2) is 0 Å². The molecule has 170 valence electrons. The molecule has 2 aromatic rings. The Balaban J connectivity index is 1.37. The van der Waals surface area contributed by atoms with Gasteiger partial charge in [-0.2, -0.15) is 0 Å². The van der Waals surface area contributed by atoms with E-state index >= 15 is 0 Å². The van der Waals surface area contributed by atoms with E-state index in [1.54, 1.807) is 12.1 Å². The van der Waals surface area contributed by atoms with E-state index in [9.17, 15) is 14.4 Å². The SMILES string of the molecule is [N-]=[N+]=NCC1CN(c2ccc3c(c2)CCC(NC(=O)OCc2ccccc2)C(=O)N3)C(=O)O1. The van der Waals surface area contributed by atoms with Gasteiger partial charge in [-0.05, 0) is 47.7 Å². The van der Waals surface area contributed by atoms with Gasteiger partial charge in [0, 0.05) is 16.3 Å². The number of carbonyl (C=O) groups excluding carboxylic acids is 3. The van der Waals surface area contributed by atoms with Crippen molar-refractivity contribution in [3.8, 4) is 0 Å². The first kappa shape index (κ1) is 22.0. The molecule has 0 bridgehead atoms. The predicted octanol–water partition coefficient (Wildman–Crippen LogP) is 3.50. The molecule has 2 aliphatic rings. The van der Waals surface area contributed by atoms with E-state index in [-0.39, 0.29) is 25.6 Å². The lowest BCUT2D eigenvalue weighted by Crippen LogP contribution is -2.43. The van der Waals surface area contributed by atoms with Gasteiger partial charge in [-0.3, -0.25) is 9.69 Å². The van der Waals surface area contributed by atoms with Crippen molar-refractivity contribution >= 4 is 29.5 Å². The fraction of sp³-hybridized carbons (Fsp3) is 0.318. The lowest BCUT2D eigenvalue weighted by Gasteiger charge is -2.16. The molecule has 0 spiro atoms. The van der Waals surface area contributed by atoms with Crippen LogP contribution in [0.4, 0.5) is 21.0 Å². The summed E-state index contributed by atoms with van der Waals surface area (Å²) in [7, 11) is 0. The van der Waals surface area contributed by atoms with Crippen molar-refractivity contribution < 1.29 is 23.9 Å². The third kappa shape index (κ3) is 5.34. The summed E-state index contributed by atoms with van der Waals surface area (Å²) in [5.41, 5.74) is 11.4. The second kappa shape index (κ2) is 9.92. The molecular formula is C22H22N6O5. The Morgan fingerprint density at radius 3 is 2.88 bits per heavy atom. The normalized spacial score (nSPS) is 19.5. The summed E-state index contributed by atoms with van der Waals surface area (Å²) in [6.07, 6.45) is -0.839. The number of carbonyl (C=O) groups is 3. The van der Waals surface area contributed by atoms with E-state index < -0.39 is 24.3 Å². The number of cyclic esters (lactones) is 1. The van der Waals surface area contributed by atoms with Crippen molar-refractivity contribution in [3.63, 3.8) is 0 Å². The Bertz CT molecular complexity index is 1100. The van der Waals surface area contributed by atoms with Crippen molar-refractivity contribution in [3.05, 3.63) is 70.1 Å². The lowest BCUT2D eigenvalue weighted by molar-refractivity contribution is -0.118. The highest BCUT2D eigenvalue weighted by atomic mass is 16.6. The molecule has 2 aliphatic heterocycles.